The lowest BCUT2D eigenvalue weighted by atomic mass is 9.83. The molecule has 0 heterocycles. The van der Waals surface area contributed by atoms with Gasteiger partial charge in [-0.3, -0.25) is 0 Å². The molecule has 0 unspecified atom stereocenters. The maximum atomic E-state index is 14.3. The van der Waals surface area contributed by atoms with Crippen LogP contribution in [0.3, 0.4) is 0 Å². The quantitative estimate of drug-likeness (QED) is 0.784. The van der Waals surface area contributed by atoms with Crippen LogP contribution in [0.4, 0.5) is 10.1 Å². The van der Waals surface area contributed by atoms with Crippen LogP contribution in [-0.4, -0.2) is 0 Å². The van der Waals surface area contributed by atoms with Crippen molar-refractivity contribution in [3.63, 3.8) is 0 Å². The number of benzene rings is 2. The van der Waals surface area contributed by atoms with Gasteiger partial charge in [0, 0.05) is 12.1 Å². The Morgan fingerprint density at radius 1 is 0.952 bits per heavy atom. The third kappa shape index (κ3) is 3.44. The molecule has 1 fully saturated rings. The molecular weight excluding hydrogens is 261 g/mol. The molecule has 0 aromatic heterocycles. The van der Waals surface area contributed by atoms with Gasteiger partial charge in [0.2, 0.25) is 0 Å². The van der Waals surface area contributed by atoms with E-state index in [9.17, 15) is 4.39 Å². The summed E-state index contributed by atoms with van der Waals surface area (Å²) in [6, 6.07) is 13.5. The maximum Gasteiger partial charge on any atom is 0.127 e. The highest BCUT2D eigenvalue weighted by molar-refractivity contribution is 5.41. The van der Waals surface area contributed by atoms with Crippen molar-refractivity contribution in [2.45, 2.75) is 44.4 Å². The average Bonchev–Trinajstić information content (AvgIpc) is 2.52. The second-order valence-electron chi connectivity index (χ2n) is 6.10. The van der Waals surface area contributed by atoms with Crippen LogP contribution in [0.1, 0.15) is 54.7 Å². The smallest absolute Gasteiger partial charge is 0.127 e. The van der Waals surface area contributed by atoms with Crippen LogP contribution in [0.15, 0.2) is 42.5 Å². The number of anilines is 1. The van der Waals surface area contributed by atoms with Crippen LogP contribution in [-0.2, 0) is 6.42 Å². The Morgan fingerprint density at radius 2 is 1.67 bits per heavy atom. The molecule has 1 aliphatic rings. The summed E-state index contributed by atoms with van der Waals surface area (Å²) in [7, 11) is 0. The van der Waals surface area contributed by atoms with Gasteiger partial charge in [-0.2, -0.15) is 0 Å². The predicted octanol–water partition coefficient (Wildman–Crippen LogP) is 5.05. The van der Waals surface area contributed by atoms with Gasteiger partial charge < -0.3 is 5.73 Å². The summed E-state index contributed by atoms with van der Waals surface area (Å²) in [5, 5.41) is 0. The topological polar surface area (TPSA) is 26.0 Å². The van der Waals surface area contributed by atoms with Crippen LogP contribution >= 0.6 is 0 Å². The molecule has 0 radical (unpaired) electrons. The van der Waals surface area contributed by atoms with Gasteiger partial charge in [-0.15, -0.1) is 0 Å². The van der Waals surface area contributed by atoms with Gasteiger partial charge >= 0.3 is 0 Å². The van der Waals surface area contributed by atoms with Gasteiger partial charge in [0.1, 0.15) is 5.82 Å². The fourth-order valence-corrected chi connectivity index (χ4v) is 3.25. The SMILES string of the molecule is Nc1ccc(Cc2ccc(C3CCCCC3)cc2F)cc1. The molecule has 110 valence electrons. The zero-order valence-electron chi connectivity index (χ0n) is 12.3. The van der Waals surface area contributed by atoms with Crippen molar-refractivity contribution in [3.8, 4) is 0 Å². The third-order valence-corrected chi connectivity index (χ3v) is 4.53. The molecule has 0 saturated heterocycles. The first-order valence-electron chi connectivity index (χ1n) is 7.85. The van der Waals surface area contributed by atoms with E-state index in [4.69, 9.17) is 5.73 Å². The Hall–Kier alpha value is -1.83. The number of nitrogens with two attached hydrogens (primary N) is 1. The lowest BCUT2D eigenvalue weighted by Gasteiger charge is -2.22. The molecule has 0 bridgehead atoms. The zero-order chi connectivity index (χ0) is 14.7. The van der Waals surface area contributed by atoms with Gasteiger partial charge in [0.05, 0.1) is 0 Å². The molecule has 3 rings (SSSR count). The Morgan fingerprint density at radius 3 is 2.33 bits per heavy atom. The first-order valence-corrected chi connectivity index (χ1v) is 7.85. The summed E-state index contributed by atoms with van der Waals surface area (Å²) in [5.74, 6) is 0.480. The zero-order valence-corrected chi connectivity index (χ0v) is 12.3. The maximum absolute atomic E-state index is 14.3. The van der Waals surface area contributed by atoms with E-state index in [-0.39, 0.29) is 5.82 Å². The van der Waals surface area contributed by atoms with Gasteiger partial charge in [0.15, 0.2) is 0 Å². The van der Waals surface area contributed by atoms with Crippen molar-refractivity contribution >= 4 is 5.69 Å². The average molecular weight is 283 g/mol. The van der Waals surface area contributed by atoms with Gasteiger partial charge in [-0.05, 0) is 53.6 Å². The lowest BCUT2D eigenvalue weighted by molar-refractivity contribution is 0.442. The van der Waals surface area contributed by atoms with Gasteiger partial charge in [0.25, 0.3) is 0 Å². The molecule has 0 amide bonds. The highest BCUT2D eigenvalue weighted by Gasteiger charge is 2.16. The normalized spacial score (nSPS) is 16.0. The van der Waals surface area contributed by atoms with Crippen LogP contribution in [0.5, 0.6) is 0 Å². The number of hydrogen-bond donors (Lipinski definition) is 1. The predicted molar refractivity (Wildman–Crippen MR) is 85.9 cm³/mol. The van der Waals surface area contributed by atoms with E-state index in [0.717, 1.165) is 16.8 Å². The Bertz CT molecular complexity index is 597. The monoisotopic (exact) mass is 283 g/mol. The number of nitrogen functional groups attached to an aromatic ring is 1. The number of hydrogen-bond acceptors (Lipinski definition) is 1. The van der Waals surface area contributed by atoms with Crippen LogP contribution in [0, 0.1) is 5.82 Å². The highest BCUT2D eigenvalue weighted by Crippen LogP contribution is 2.33. The molecular formula is C19H22FN. The summed E-state index contributed by atoms with van der Waals surface area (Å²) in [6.07, 6.45) is 6.91. The summed E-state index contributed by atoms with van der Waals surface area (Å²) < 4.78 is 14.3. The summed E-state index contributed by atoms with van der Waals surface area (Å²) >= 11 is 0. The third-order valence-electron chi connectivity index (χ3n) is 4.53. The van der Waals surface area contributed by atoms with E-state index in [1.807, 2.05) is 30.3 Å². The molecule has 0 atom stereocenters. The molecule has 2 aromatic rings. The first kappa shape index (κ1) is 14.1. The van der Waals surface area contributed by atoms with Crippen molar-refractivity contribution in [1.29, 1.82) is 0 Å². The van der Waals surface area contributed by atoms with E-state index >= 15 is 0 Å². The van der Waals surface area contributed by atoms with E-state index in [2.05, 4.69) is 6.07 Å². The van der Waals surface area contributed by atoms with Crippen LogP contribution in [0.2, 0.25) is 0 Å². The van der Waals surface area contributed by atoms with Gasteiger partial charge in [-0.25, -0.2) is 4.39 Å². The Balaban J connectivity index is 1.76. The van der Waals surface area contributed by atoms with E-state index in [1.54, 1.807) is 6.07 Å². The van der Waals surface area contributed by atoms with Crippen LogP contribution in [0.25, 0.3) is 0 Å². The summed E-state index contributed by atoms with van der Waals surface area (Å²) in [6.45, 7) is 0. The molecule has 2 heteroatoms. The summed E-state index contributed by atoms with van der Waals surface area (Å²) in [4.78, 5) is 0. The second kappa shape index (κ2) is 6.30. The molecule has 1 aliphatic carbocycles. The molecule has 2 aromatic carbocycles. The highest BCUT2D eigenvalue weighted by atomic mass is 19.1. The standard InChI is InChI=1S/C19H22FN/c20-19-13-16(15-4-2-1-3-5-15)8-9-17(19)12-14-6-10-18(21)11-7-14/h6-11,13,15H,1-5,12,21H2. The molecule has 1 nitrogen and oxygen atoms in total. The minimum Gasteiger partial charge on any atom is -0.399 e. The minimum absolute atomic E-state index is 0.0742. The largest absolute Gasteiger partial charge is 0.399 e. The lowest BCUT2D eigenvalue weighted by Crippen LogP contribution is -2.05. The van der Waals surface area contributed by atoms with Crippen molar-refractivity contribution in [2.24, 2.45) is 0 Å². The number of halogens is 1. The van der Waals surface area contributed by atoms with Crippen molar-refractivity contribution in [1.82, 2.24) is 0 Å². The van der Waals surface area contributed by atoms with Crippen molar-refractivity contribution in [2.75, 3.05) is 5.73 Å². The van der Waals surface area contributed by atoms with Crippen molar-refractivity contribution in [3.05, 3.63) is 65.0 Å². The second-order valence-corrected chi connectivity index (χ2v) is 6.10. The fraction of sp³-hybridized carbons (Fsp3) is 0.368. The van der Waals surface area contributed by atoms with E-state index in [1.165, 1.54) is 37.7 Å². The Kier molecular flexibility index (Phi) is 4.23. The van der Waals surface area contributed by atoms with Crippen LogP contribution < -0.4 is 5.73 Å². The molecule has 0 spiro atoms. The fourth-order valence-electron chi connectivity index (χ4n) is 3.25. The minimum atomic E-state index is -0.0742. The first-order chi connectivity index (χ1) is 10.2. The summed E-state index contributed by atoms with van der Waals surface area (Å²) in [5.41, 5.74) is 9.45. The Labute approximate surface area is 126 Å². The molecule has 0 aliphatic heterocycles. The van der Waals surface area contributed by atoms with E-state index in [0.29, 0.717) is 12.3 Å². The molecule has 21 heavy (non-hydrogen) atoms. The molecule has 2 N–H and O–H groups in total. The van der Waals surface area contributed by atoms with Gasteiger partial charge in [-0.1, -0.05) is 43.5 Å². The molecule has 1 saturated carbocycles. The van der Waals surface area contributed by atoms with E-state index < -0.39 is 0 Å². The van der Waals surface area contributed by atoms with Crippen molar-refractivity contribution < 1.29 is 4.39 Å². The number of rotatable bonds is 3.